The second kappa shape index (κ2) is 5.06. The molecular weight excluding hydrogens is 233 g/mol. The van der Waals surface area contributed by atoms with Crippen molar-refractivity contribution in [1.29, 1.82) is 0 Å². The molecule has 1 amide bonds. The maximum absolute atomic E-state index is 13.7. The molecule has 1 aliphatic carbocycles. The fourth-order valence-electron chi connectivity index (χ4n) is 2.09. The first-order valence-electron chi connectivity index (χ1n) is 6.24. The maximum atomic E-state index is 13.7. The molecule has 0 aromatic heterocycles. The summed E-state index contributed by atoms with van der Waals surface area (Å²) >= 11 is 0. The number of carbonyl (C=O) groups excluding carboxylic acids is 1. The highest BCUT2D eigenvalue weighted by molar-refractivity contribution is 5.91. The van der Waals surface area contributed by atoms with Crippen molar-refractivity contribution in [3.63, 3.8) is 0 Å². The molecule has 1 aromatic carbocycles. The smallest absolute Gasteiger partial charge is 0.230 e. The minimum absolute atomic E-state index is 0.0189. The van der Waals surface area contributed by atoms with Gasteiger partial charge < -0.3 is 10.4 Å². The predicted molar refractivity (Wildman–Crippen MR) is 66.6 cm³/mol. The zero-order chi connectivity index (χ0) is 13.2. The molecule has 1 unspecified atom stereocenters. The van der Waals surface area contributed by atoms with Gasteiger partial charge in [-0.25, -0.2) is 4.39 Å². The van der Waals surface area contributed by atoms with E-state index in [-0.39, 0.29) is 24.2 Å². The molecule has 3 nitrogen and oxygen atoms in total. The van der Waals surface area contributed by atoms with Gasteiger partial charge in [0, 0.05) is 18.7 Å². The third-order valence-electron chi connectivity index (χ3n) is 3.50. The second-order valence-electron chi connectivity index (χ2n) is 5.06. The van der Waals surface area contributed by atoms with Gasteiger partial charge in [-0.05, 0) is 24.8 Å². The van der Waals surface area contributed by atoms with Gasteiger partial charge in [0.2, 0.25) is 5.91 Å². The van der Waals surface area contributed by atoms with Crippen LogP contribution >= 0.6 is 0 Å². The minimum Gasteiger partial charge on any atom is -0.396 e. The zero-order valence-electron chi connectivity index (χ0n) is 10.4. The number of hydrogen-bond donors (Lipinski definition) is 2. The van der Waals surface area contributed by atoms with Crippen molar-refractivity contribution in [1.82, 2.24) is 5.32 Å². The highest BCUT2D eigenvalue weighted by Crippen LogP contribution is 2.49. The van der Waals surface area contributed by atoms with Crippen LogP contribution in [0.1, 0.15) is 25.3 Å². The van der Waals surface area contributed by atoms with Crippen LogP contribution in [-0.4, -0.2) is 24.2 Å². The average Bonchev–Trinajstić information content (AvgIpc) is 3.17. The SMILES string of the molecule is CC(CO)CNC(=O)C1(c2ccccc2F)CC1. The largest absolute Gasteiger partial charge is 0.396 e. The fourth-order valence-corrected chi connectivity index (χ4v) is 2.09. The first-order valence-corrected chi connectivity index (χ1v) is 6.24. The van der Waals surface area contributed by atoms with Gasteiger partial charge in [0.15, 0.2) is 0 Å². The summed E-state index contributed by atoms with van der Waals surface area (Å²) in [5, 5.41) is 11.7. The molecule has 2 rings (SSSR count). The third-order valence-corrected chi connectivity index (χ3v) is 3.50. The van der Waals surface area contributed by atoms with Gasteiger partial charge in [-0.3, -0.25) is 4.79 Å². The van der Waals surface area contributed by atoms with E-state index in [1.54, 1.807) is 18.2 Å². The minimum atomic E-state index is -0.680. The van der Waals surface area contributed by atoms with Gasteiger partial charge in [0.1, 0.15) is 5.82 Å². The van der Waals surface area contributed by atoms with Gasteiger partial charge in [-0.1, -0.05) is 25.1 Å². The summed E-state index contributed by atoms with van der Waals surface area (Å²) in [6.07, 6.45) is 1.38. The fraction of sp³-hybridized carbons (Fsp3) is 0.500. The molecule has 0 radical (unpaired) electrons. The molecule has 98 valence electrons. The lowest BCUT2D eigenvalue weighted by molar-refractivity contribution is -0.123. The van der Waals surface area contributed by atoms with Crippen LogP contribution in [0.15, 0.2) is 24.3 Å². The van der Waals surface area contributed by atoms with E-state index in [1.807, 2.05) is 6.92 Å². The number of hydrogen-bond acceptors (Lipinski definition) is 2. The van der Waals surface area contributed by atoms with Crippen LogP contribution in [0.3, 0.4) is 0 Å². The number of rotatable bonds is 5. The van der Waals surface area contributed by atoms with Gasteiger partial charge in [0.05, 0.1) is 5.41 Å². The summed E-state index contributed by atoms with van der Waals surface area (Å²) < 4.78 is 13.7. The van der Waals surface area contributed by atoms with Crippen molar-refractivity contribution < 1.29 is 14.3 Å². The molecule has 1 atom stereocenters. The van der Waals surface area contributed by atoms with E-state index in [1.165, 1.54) is 6.07 Å². The summed E-state index contributed by atoms with van der Waals surface area (Å²) in [7, 11) is 0. The number of amides is 1. The van der Waals surface area contributed by atoms with Crippen molar-refractivity contribution >= 4 is 5.91 Å². The van der Waals surface area contributed by atoms with E-state index in [2.05, 4.69) is 5.32 Å². The average molecular weight is 251 g/mol. The highest BCUT2D eigenvalue weighted by atomic mass is 19.1. The van der Waals surface area contributed by atoms with Crippen molar-refractivity contribution in [2.24, 2.45) is 5.92 Å². The Morgan fingerprint density at radius 3 is 2.72 bits per heavy atom. The number of nitrogens with one attached hydrogen (secondary N) is 1. The summed E-state index contributed by atoms with van der Waals surface area (Å²) in [5.74, 6) is -0.432. The van der Waals surface area contributed by atoms with Crippen LogP contribution in [0, 0.1) is 11.7 Å². The normalized spacial score (nSPS) is 18.2. The molecule has 0 bridgehead atoms. The van der Waals surface area contributed by atoms with Gasteiger partial charge in [0.25, 0.3) is 0 Å². The predicted octanol–water partition coefficient (Wildman–Crippen LogP) is 1.60. The van der Waals surface area contributed by atoms with Crippen LogP contribution in [0.5, 0.6) is 0 Å². The number of benzene rings is 1. The first-order chi connectivity index (χ1) is 8.60. The van der Waals surface area contributed by atoms with Crippen molar-refractivity contribution in [3.05, 3.63) is 35.6 Å². The third kappa shape index (κ3) is 2.38. The molecule has 1 saturated carbocycles. The van der Waals surface area contributed by atoms with Crippen LogP contribution in [0.2, 0.25) is 0 Å². The lowest BCUT2D eigenvalue weighted by Crippen LogP contribution is -2.38. The molecule has 1 fully saturated rings. The Morgan fingerprint density at radius 2 is 2.17 bits per heavy atom. The van der Waals surface area contributed by atoms with E-state index < -0.39 is 5.41 Å². The Balaban J connectivity index is 2.08. The van der Waals surface area contributed by atoms with Crippen LogP contribution < -0.4 is 5.32 Å². The number of aliphatic hydroxyl groups excluding tert-OH is 1. The molecule has 0 heterocycles. The molecule has 1 aromatic rings. The van der Waals surface area contributed by atoms with Crippen LogP contribution in [-0.2, 0) is 10.2 Å². The summed E-state index contributed by atoms with van der Waals surface area (Å²) in [4.78, 5) is 12.1. The number of halogens is 1. The Bertz CT molecular complexity index is 443. The van der Waals surface area contributed by atoms with E-state index in [4.69, 9.17) is 5.11 Å². The Labute approximate surface area is 106 Å². The van der Waals surface area contributed by atoms with Gasteiger partial charge in [-0.15, -0.1) is 0 Å². The molecular formula is C14H18FNO2. The molecule has 0 spiro atoms. The Hall–Kier alpha value is -1.42. The van der Waals surface area contributed by atoms with Gasteiger partial charge in [-0.2, -0.15) is 0 Å². The quantitative estimate of drug-likeness (QED) is 0.835. The summed E-state index contributed by atoms with van der Waals surface area (Å²) in [6.45, 7) is 2.31. The van der Waals surface area contributed by atoms with E-state index in [0.29, 0.717) is 24.9 Å². The molecule has 18 heavy (non-hydrogen) atoms. The lowest BCUT2D eigenvalue weighted by Gasteiger charge is -2.18. The Morgan fingerprint density at radius 1 is 1.50 bits per heavy atom. The summed E-state index contributed by atoms with van der Waals surface area (Å²) in [6, 6.07) is 6.44. The molecule has 0 saturated heterocycles. The topological polar surface area (TPSA) is 49.3 Å². The van der Waals surface area contributed by atoms with E-state index >= 15 is 0 Å². The molecule has 2 N–H and O–H groups in total. The van der Waals surface area contributed by atoms with Gasteiger partial charge >= 0.3 is 0 Å². The maximum Gasteiger partial charge on any atom is 0.230 e. The standard InChI is InChI=1S/C14H18FNO2/c1-10(9-17)8-16-13(18)14(6-7-14)11-4-2-3-5-12(11)15/h2-5,10,17H,6-9H2,1H3,(H,16,18). The second-order valence-corrected chi connectivity index (χ2v) is 5.06. The number of aliphatic hydroxyl groups is 1. The monoisotopic (exact) mass is 251 g/mol. The van der Waals surface area contributed by atoms with Crippen LogP contribution in [0.25, 0.3) is 0 Å². The highest BCUT2D eigenvalue weighted by Gasteiger charge is 2.52. The van der Waals surface area contributed by atoms with Crippen molar-refractivity contribution in [2.45, 2.75) is 25.2 Å². The number of carbonyl (C=O) groups is 1. The first kappa shape index (κ1) is 13.0. The zero-order valence-corrected chi connectivity index (χ0v) is 10.4. The van der Waals surface area contributed by atoms with E-state index in [9.17, 15) is 9.18 Å². The van der Waals surface area contributed by atoms with Crippen LogP contribution in [0.4, 0.5) is 4.39 Å². The molecule has 0 aliphatic heterocycles. The molecule has 4 heteroatoms. The van der Waals surface area contributed by atoms with Crippen molar-refractivity contribution in [3.8, 4) is 0 Å². The van der Waals surface area contributed by atoms with Crippen molar-refractivity contribution in [2.75, 3.05) is 13.2 Å². The summed E-state index contributed by atoms with van der Waals surface area (Å²) in [5.41, 5.74) is -0.195. The molecule has 1 aliphatic rings. The van der Waals surface area contributed by atoms with E-state index in [0.717, 1.165) is 0 Å². The lowest BCUT2D eigenvalue weighted by atomic mass is 9.94. The Kier molecular flexibility index (Phi) is 3.66.